The zero-order valence-corrected chi connectivity index (χ0v) is 15.6. The van der Waals surface area contributed by atoms with E-state index in [0.717, 1.165) is 11.1 Å². The summed E-state index contributed by atoms with van der Waals surface area (Å²) in [6.45, 7) is 0.317. The summed E-state index contributed by atoms with van der Waals surface area (Å²) in [7, 11) is 1.84. The van der Waals surface area contributed by atoms with Gasteiger partial charge in [-0.25, -0.2) is 5.48 Å². The summed E-state index contributed by atoms with van der Waals surface area (Å²) >= 11 is 7.48. The minimum absolute atomic E-state index is 0.170. The highest BCUT2D eigenvalue weighted by atomic mass is 35.5. The summed E-state index contributed by atoms with van der Waals surface area (Å²) in [6, 6.07) is 17.0. The number of hydrogen-bond donors (Lipinski definition) is 1. The van der Waals surface area contributed by atoms with Crippen molar-refractivity contribution in [2.45, 2.75) is 11.8 Å². The first kappa shape index (κ1) is 18.4. The number of nitrogens with one attached hydrogen (secondary N) is 1. The van der Waals surface area contributed by atoms with E-state index in [-0.39, 0.29) is 11.7 Å². The molecule has 0 fully saturated rings. The van der Waals surface area contributed by atoms with E-state index >= 15 is 0 Å². The minimum Gasteiger partial charge on any atom is -0.305 e. The Morgan fingerprint density at radius 3 is 2.65 bits per heavy atom. The molecule has 0 unspecified atom stereocenters. The number of carbonyl (C=O) groups is 1. The fourth-order valence-corrected chi connectivity index (χ4v) is 3.17. The van der Waals surface area contributed by atoms with Crippen LogP contribution in [0.1, 0.15) is 5.56 Å². The van der Waals surface area contributed by atoms with E-state index in [0.29, 0.717) is 22.6 Å². The quantitative estimate of drug-likeness (QED) is 0.495. The van der Waals surface area contributed by atoms with Crippen molar-refractivity contribution in [2.75, 3.05) is 5.75 Å². The molecule has 134 valence electrons. The number of hydroxylamine groups is 1. The largest absolute Gasteiger partial charge is 0.305 e. The molecule has 0 atom stereocenters. The van der Waals surface area contributed by atoms with E-state index in [1.54, 1.807) is 6.07 Å². The molecular formula is C18H17ClN4O2S. The van der Waals surface area contributed by atoms with Crippen LogP contribution in [0.15, 0.2) is 59.8 Å². The third-order valence-electron chi connectivity index (χ3n) is 3.55. The van der Waals surface area contributed by atoms with Gasteiger partial charge >= 0.3 is 0 Å². The Balaban J connectivity index is 1.52. The number of hydrogen-bond acceptors (Lipinski definition) is 5. The average Bonchev–Trinajstić information content (AvgIpc) is 3.02. The van der Waals surface area contributed by atoms with Crippen LogP contribution in [-0.2, 0) is 23.3 Å². The molecule has 0 saturated heterocycles. The second-order valence-corrected chi connectivity index (χ2v) is 6.78. The van der Waals surface area contributed by atoms with Gasteiger partial charge in [-0.05, 0) is 17.7 Å². The second kappa shape index (κ2) is 8.84. The number of benzene rings is 2. The normalized spacial score (nSPS) is 10.7. The lowest BCUT2D eigenvalue weighted by atomic mass is 10.2. The third-order valence-corrected chi connectivity index (χ3v) is 4.90. The number of thioether (sulfide) groups is 1. The summed E-state index contributed by atoms with van der Waals surface area (Å²) in [4.78, 5) is 17.1. The van der Waals surface area contributed by atoms with Gasteiger partial charge in [0.15, 0.2) is 11.0 Å². The molecule has 6 nitrogen and oxygen atoms in total. The van der Waals surface area contributed by atoms with Gasteiger partial charge in [0.05, 0.1) is 17.4 Å². The van der Waals surface area contributed by atoms with Crippen LogP contribution < -0.4 is 5.48 Å². The highest BCUT2D eigenvalue weighted by Crippen LogP contribution is 2.28. The predicted octanol–water partition coefficient (Wildman–Crippen LogP) is 3.48. The van der Waals surface area contributed by atoms with Gasteiger partial charge < -0.3 is 4.57 Å². The van der Waals surface area contributed by atoms with Gasteiger partial charge in [0.25, 0.3) is 5.91 Å². The van der Waals surface area contributed by atoms with Crippen LogP contribution >= 0.6 is 23.4 Å². The maximum atomic E-state index is 11.9. The first-order chi connectivity index (χ1) is 12.6. The maximum absolute atomic E-state index is 11.9. The number of amides is 1. The Morgan fingerprint density at radius 1 is 1.15 bits per heavy atom. The van der Waals surface area contributed by atoms with Crippen LogP contribution in [0, 0.1) is 0 Å². The Kier molecular flexibility index (Phi) is 6.27. The molecule has 8 heteroatoms. The van der Waals surface area contributed by atoms with Gasteiger partial charge in [-0.3, -0.25) is 9.63 Å². The zero-order chi connectivity index (χ0) is 18.4. The molecule has 2 aromatic carbocycles. The molecule has 0 aliphatic rings. The van der Waals surface area contributed by atoms with E-state index < -0.39 is 0 Å². The van der Waals surface area contributed by atoms with Crippen molar-refractivity contribution in [1.29, 1.82) is 0 Å². The van der Waals surface area contributed by atoms with E-state index in [1.165, 1.54) is 11.8 Å². The van der Waals surface area contributed by atoms with Crippen molar-refractivity contribution >= 4 is 29.3 Å². The Bertz CT molecular complexity index is 886. The summed E-state index contributed by atoms with van der Waals surface area (Å²) in [5, 5.41) is 9.53. The van der Waals surface area contributed by atoms with Crippen molar-refractivity contribution in [2.24, 2.45) is 7.05 Å². The van der Waals surface area contributed by atoms with Crippen molar-refractivity contribution < 1.29 is 9.63 Å². The molecule has 0 aliphatic heterocycles. The number of nitrogens with zero attached hydrogens (tertiary/aromatic N) is 3. The molecule has 26 heavy (non-hydrogen) atoms. The standard InChI is InChI=1S/C18H17ClN4O2S/c1-23-17(14-9-5-6-10-15(14)19)20-21-18(23)26-12-16(24)22-25-11-13-7-3-2-4-8-13/h2-10H,11-12H2,1H3,(H,22,24). The summed E-state index contributed by atoms with van der Waals surface area (Å²) in [5.41, 5.74) is 4.21. The van der Waals surface area contributed by atoms with Gasteiger partial charge in [-0.2, -0.15) is 0 Å². The third kappa shape index (κ3) is 4.63. The van der Waals surface area contributed by atoms with Crippen LogP contribution in [-0.4, -0.2) is 26.4 Å². The van der Waals surface area contributed by atoms with E-state index in [2.05, 4.69) is 15.7 Å². The molecule has 1 heterocycles. The van der Waals surface area contributed by atoms with Gasteiger partial charge in [-0.15, -0.1) is 10.2 Å². The van der Waals surface area contributed by atoms with Gasteiger partial charge in [0.2, 0.25) is 0 Å². The minimum atomic E-state index is -0.242. The predicted molar refractivity (Wildman–Crippen MR) is 102 cm³/mol. The van der Waals surface area contributed by atoms with E-state index in [1.807, 2.05) is 60.1 Å². The van der Waals surface area contributed by atoms with Crippen molar-refractivity contribution in [3.05, 3.63) is 65.2 Å². The topological polar surface area (TPSA) is 69.0 Å². The fourth-order valence-electron chi connectivity index (χ4n) is 2.25. The average molecular weight is 389 g/mol. The first-order valence-electron chi connectivity index (χ1n) is 7.87. The Labute approximate surface area is 160 Å². The van der Waals surface area contributed by atoms with Crippen molar-refractivity contribution in [3.63, 3.8) is 0 Å². The highest BCUT2D eigenvalue weighted by molar-refractivity contribution is 7.99. The summed E-state index contributed by atoms with van der Waals surface area (Å²) in [5.74, 6) is 0.579. The Hall–Kier alpha value is -2.35. The lowest BCUT2D eigenvalue weighted by molar-refractivity contribution is -0.131. The van der Waals surface area contributed by atoms with Gasteiger partial charge in [0.1, 0.15) is 0 Å². The zero-order valence-electron chi connectivity index (χ0n) is 14.1. The number of carbonyl (C=O) groups excluding carboxylic acids is 1. The molecule has 1 amide bonds. The SMILES string of the molecule is Cn1c(SCC(=O)NOCc2ccccc2)nnc1-c1ccccc1Cl. The lowest BCUT2D eigenvalue weighted by Crippen LogP contribution is -2.25. The fraction of sp³-hybridized carbons (Fsp3) is 0.167. The molecule has 0 spiro atoms. The van der Waals surface area contributed by atoms with Crippen LogP contribution in [0.2, 0.25) is 5.02 Å². The van der Waals surface area contributed by atoms with Gasteiger partial charge in [-0.1, -0.05) is 65.8 Å². The molecule has 0 aliphatic carbocycles. The monoisotopic (exact) mass is 388 g/mol. The molecule has 0 radical (unpaired) electrons. The lowest BCUT2D eigenvalue weighted by Gasteiger charge is -2.07. The van der Waals surface area contributed by atoms with E-state index in [4.69, 9.17) is 16.4 Å². The molecule has 3 aromatic rings. The molecule has 1 N–H and O–H groups in total. The van der Waals surface area contributed by atoms with E-state index in [9.17, 15) is 4.79 Å². The second-order valence-electron chi connectivity index (χ2n) is 5.43. The molecule has 0 saturated carbocycles. The molecular weight excluding hydrogens is 372 g/mol. The Morgan fingerprint density at radius 2 is 1.88 bits per heavy atom. The maximum Gasteiger partial charge on any atom is 0.254 e. The molecule has 3 rings (SSSR count). The van der Waals surface area contributed by atoms with Crippen molar-refractivity contribution in [1.82, 2.24) is 20.2 Å². The first-order valence-corrected chi connectivity index (χ1v) is 9.23. The van der Waals surface area contributed by atoms with Crippen LogP contribution in [0.5, 0.6) is 0 Å². The highest BCUT2D eigenvalue weighted by Gasteiger charge is 2.14. The molecule has 1 aromatic heterocycles. The number of rotatable bonds is 7. The van der Waals surface area contributed by atoms with Crippen LogP contribution in [0.4, 0.5) is 0 Å². The number of aromatic nitrogens is 3. The molecule has 0 bridgehead atoms. The van der Waals surface area contributed by atoms with Crippen LogP contribution in [0.3, 0.4) is 0 Å². The number of halogens is 1. The van der Waals surface area contributed by atoms with Gasteiger partial charge in [0, 0.05) is 12.6 Å². The summed E-state index contributed by atoms with van der Waals surface area (Å²) < 4.78 is 1.81. The van der Waals surface area contributed by atoms with Crippen LogP contribution in [0.25, 0.3) is 11.4 Å². The van der Waals surface area contributed by atoms with Crippen molar-refractivity contribution in [3.8, 4) is 11.4 Å². The summed E-state index contributed by atoms with van der Waals surface area (Å²) in [6.07, 6.45) is 0. The smallest absolute Gasteiger partial charge is 0.254 e.